The Balaban J connectivity index is 1.37. The Morgan fingerprint density at radius 1 is 0.600 bits per heavy atom. The summed E-state index contributed by atoms with van der Waals surface area (Å²) in [6.45, 7) is 7.55. The van der Waals surface area contributed by atoms with Crippen LogP contribution >= 0.6 is 0 Å². The van der Waals surface area contributed by atoms with Gasteiger partial charge in [0.25, 0.3) is 0 Å². The van der Waals surface area contributed by atoms with E-state index in [-0.39, 0.29) is 0 Å². The fraction of sp³-hybridized carbons (Fsp3) is 0. The van der Waals surface area contributed by atoms with Gasteiger partial charge < -0.3 is 9.64 Å². The fourth-order valence-corrected chi connectivity index (χ4v) is 6.78. The molecule has 0 N–H and O–H groups in total. The predicted octanol–water partition coefficient (Wildman–Crippen LogP) is 11.6. The average Bonchev–Trinajstić information content (AvgIpc) is 3.52. The lowest BCUT2D eigenvalue weighted by Gasteiger charge is -2.33. The van der Waals surface area contributed by atoms with Crippen molar-refractivity contribution in [3.63, 3.8) is 0 Å². The normalized spacial score (nSPS) is 11.7. The molecule has 9 rings (SSSR count). The first-order valence-corrected chi connectivity index (χ1v) is 16.1. The zero-order valence-electron chi connectivity index (χ0n) is 26.6. The number of ether oxygens (including phenoxy) is 1. The molecule has 234 valence electrons. The minimum Gasteiger partial charge on any atom is -0.453 e. The third-order valence-corrected chi connectivity index (χ3v) is 9.00. The Morgan fingerprint density at radius 3 is 1.70 bits per heavy atom. The van der Waals surface area contributed by atoms with E-state index in [1.807, 2.05) is 97.1 Å². The molecule has 0 aliphatic carbocycles. The number of benzene rings is 6. The van der Waals surface area contributed by atoms with Crippen molar-refractivity contribution in [2.75, 3.05) is 9.80 Å². The van der Waals surface area contributed by atoms with E-state index in [0.29, 0.717) is 17.1 Å². The molecule has 0 unspecified atom stereocenters. The van der Waals surface area contributed by atoms with Gasteiger partial charge in [0.05, 0.1) is 46.3 Å². The summed E-state index contributed by atoms with van der Waals surface area (Å²) < 4.78 is 8.59. The summed E-state index contributed by atoms with van der Waals surface area (Å²) in [5, 5.41) is 11.9. The number of anilines is 6. The lowest BCUT2D eigenvalue weighted by Crippen LogP contribution is -2.19. The van der Waals surface area contributed by atoms with Crippen molar-refractivity contribution in [1.29, 1.82) is 5.26 Å². The monoisotopic (exact) mass is 642 g/mol. The summed E-state index contributed by atoms with van der Waals surface area (Å²) in [6.07, 6.45) is 0. The van der Waals surface area contributed by atoms with Gasteiger partial charge in [-0.15, -0.1) is 0 Å². The molecule has 0 radical (unpaired) electrons. The van der Waals surface area contributed by atoms with E-state index < -0.39 is 0 Å². The van der Waals surface area contributed by atoms with Gasteiger partial charge in [0.2, 0.25) is 0 Å². The molecule has 2 aromatic heterocycles. The molecule has 0 saturated heterocycles. The zero-order valence-corrected chi connectivity index (χ0v) is 26.6. The number of nitriles is 1. The van der Waals surface area contributed by atoms with Gasteiger partial charge in [-0.25, -0.2) is 9.83 Å². The van der Waals surface area contributed by atoms with Gasteiger partial charge >= 0.3 is 0 Å². The van der Waals surface area contributed by atoms with Gasteiger partial charge in [-0.3, -0.25) is 9.47 Å². The van der Waals surface area contributed by atoms with E-state index in [1.165, 1.54) is 0 Å². The van der Waals surface area contributed by atoms with E-state index in [0.717, 1.165) is 67.6 Å². The summed E-state index contributed by atoms with van der Waals surface area (Å²) in [6, 6.07) is 54.3. The second kappa shape index (κ2) is 11.7. The number of fused-ring (bicyclic) bond motifs is 5. The highest BCUT2D eigenvalue weighted by Crippen LogP contribution is 2.51. The largest absolute Gasteiger partial charge is 0.453 e. The van der Waals surface area contributed by atoms with Crippen molar-refractivity contribution >= 4 is 61.7 Å². The van der Waals surface area contributed by atoms with Crippen LogP contribution in [0.15, 0.2) is 158 Å². The highest BCUT2D eigenvalue weighted by atomic mass is 16.5. The van der Waals surface area contributed by atoms with Crippen LogP contribution in [0.4, 0.5) is 39.9 Å². The van der Waals surface area contributed by atoms with Crippen LogP contribution in [-0.2, 0) is 0 Å². The second-order valence-electron chi connectivity index (χ2n) is 11.9. The maximum Gasteiger partial charge on any atom is 0.187 e. The van der Waals surface area contributed by atoms with E-state index in [9.17, 15) is 5.26 Å². The molecule has 0 bridgehead atoms. The van der Waals surface area contributed by atoms with Gasteiger partial charge in [-0.05, 0) is 72.8 Å². The maximum atomic E-state index is 9.60. The molecule has 1 aliphatic heterocycles. The van der Waals surface area contributed by atoms with Crippen molar-refractivity contribution in [2.24, 2.45) is 0 Å². The number of hydrogen-bond donors (Lipinski definition) is 0. The minimum absolute atomic E-state index is 0.552. The number of hydrogen-bond acceptors (Lipinski definition) is 5. The number of pyridine rings is 1. The predicted molar refractivity (Wildman–Crippen MR) is 199 cm³/mol. The van der Waals surface area contributed by atoms with Crippen molar-refractivity contribution in [2.45, 2.75) is 0 Å². The Labute approximate surface area is 288 Å². The quantitative estimate of drug-likeness (QED) is 0.175. The SMILES string of the molecule is [C-]#[N+]c1ccc(N(c2ccc(C#N)cc2)c2cc(N3c4ccccc4Oc4ccccc43)nc(-n3c4ccccc4c4ccccc43)c2)cc1. The summed E-state index contributed by atoms with van der Waals surface area (Å²) in [4.78, 5) is 13.4. The number of rotatable bonds is 5. The number of aromatic nitrogens is 2. The molecule has 7 heteroatoms. The van der Waals surface area contributed by atoms with Crippen molar-refractivity contribution < 1.29 is 4.74 Å². The van der Waals surface area contributed by atoms with Crippen LogP contribution in [0.2, 0.25) is 0 Å². The van der Waals surface area contributed by atoms with Crippen LogP contribution in [0, 0.1) is 17.9 Å². The van der Waals surface area contributed by atoms with Gasteiger partial charge in [0.15, 0.2) is 17.2 Å². The van der Waals surface area contributed by atoms with Crippen molar-refractivity contribution in [3.05, 3.63) is 175 Å². The molecule has 0 spiro atoms. The van der Waals surface area contributed by atoms with Gasteiger partial charge in [-0.2, -0.15) is 5.26 Å². The summed E-state index contributed by atoms with van der Waals surface area (Å²) in [5.41, 5.74) is 7.50. The topological polar surface area (TPSA) is 61.7 Å². The third-order valence-electron chi connectivity index (χ3n) is 9.00. The second-order valence-corrected chi connectivity index (χ2v) is 11.9. The van der Waals surface area contributed by atoms with Crippen LogP contribution in [0.1, 0.15) is 5.56 Å². The zero-order chi connectivity index (χ0) is 33.6. The highest BCUT2D eigenvalue weighted by Gasteiger charge is 2.28. The molecule has 7 nitrogen and oxygen atoms in total. The molecule has 0 saturated carbocycles. The molecule has 8 aromatic rings. The van der Waals surface area contributed by atoms with Gasteiger partial charge in [-0.1, -0.05) is 72.8 Å². The maximum absolute atomic E-state index is 9.60. The van der Waals surface area contributed by atoms with Gasteiger partial charge in [0.1, 0.15) is 11.6 Å². The van der Waals surface area contributed by atoms with Crippen molar-refractivity contribution in [3.8, 4) is 23.4 Å². The molecular formula is C43H26N6O. The molecular weight excluding hydrogens is 617 g/mol. The first kappa shape index (κ1) is 28.8. The Kier molecular flexibility index (Phi) is 6.76. The minimum atomic E-state index is 0.552. The summed E-state index contributed by atoms with van der Waals surface area (Å²) in [7, 11) is 0. The lowest BCUT2D eigenvalue weighted by atomic mass is 10.1. The highest BCUT2D eigenvalue weighted by molar-refractivity contribution is 6.09. The molecule has 1 aliphatic rings. The van der Waals surface area contributed by atoms with Crippen LogP contribution < -0.4 is 14.5 Å². The van der Waals surface area contributed by atoms with Crippen LogP contribution in [0.5, 0.6) is 11.5 Å². The molecule has 3 heterocycles. The first-order valence-electron chi connectivity index (χ1n) is 16.1. The van der Waals surface area contributed by atoms with Gasteiger partial charge in [0, 0.05) is 34.3 Å². The average molecular weight is 643 g/mol. The Bertz CT molecular complexity index is 2510. The summed E-state index contributed by atoms with van der Waals surface area (Å²) in [5.74, 6) is 2.89. The Morgan fingerprint density at radius 2 is 1.12 bits per heavy atom. The standard InChI is InChI=1S/C43H26N6O/c1-45-30-20-24-32(25-21-30)47(31-22-18-29(28-44)19-23-31)33-26-42(48-36-12-4-2-10-34(36)35-11-3-5-13-37(35)48)46-43(27-33)49-38-14-6-8-16-40(38)50-41-17-9-7-15-39(41)49/h2-27H. The Hall–Kier alpha value is -7.35. The molecule has 0 fully saturated rings. The molecule has 50 heavy (non-hydrogen) atoms. The molecule has 0 amide bonds. The molecule has 0 atom stereocenters. The van der Waals surface area contributed by atoms with Crippen LogP contribution in [0.25, 0.3) is 32.5 Å². The third kappa shape index (κ3) is 4.70. The molecule has 6 aromatic carbocycles. The van der Waals surface area contributed by atoms with Crippen LogP contribution in [0.3, 0.4) is 0 Å². The van der Waals surface area contributed by atoms with Crippen molar-refractivity contribution in [1.82, 2.24) is 9.55 Å². The summed E-state index contributed by atoms with van der Waals surface area (Å²) >= 11 is 0. The van der Waals surface area contributed by atoms with E-state index in [2.05, 4.69) is 85.9 Å². The lowest BCUT2D eigenvalue weighted by molar-refractivity contribution is 0.476. The number of para-hydroxylation sites is 6. The van der Waals surface area contributed by atoms with E-state index >= 15 is 0 Å². The van der Waals surface area contributed by atoms with Crippen LogP contribution in [-0.4, -0.2) is 9.55 Å². The number of nitrogens with zero attached hydrogens (tertiary/aromatic N) is 6. The van der Waals surface area contributed by atoms with E-state index in [4.69, 9.17) is 16.3 Å². The van der Waals surface area contributed by atoms with E-state index in [1.54, 1.807) is 0 Å². The smallest absolute Gasteiger partial charge is 0.187 e. The fourth-order valence-electron chi connectivity index (χ4n) is 6.78. The first-order chi connectivity index (χ1) is 24.7.